The first-order valence-electron chi connectivity index (χ1n) is 10.5. The van der Waals surface area contributed by atoms with Crippen molar-refractivity contribution >= 4 is 11.4 Å². The van der Waals surface area contributed by atoms with Crippen LogP contribution in [0.4, 0.5) is 15.8 Å². The van der Waals surface area contributed by atoms with E-state index in [-0.39, 0.29) is 5.92 Å². The van der Waals surface area contributed by atoms with Crippen molar-refractivity contribution in [2.45, 2.75) is 24.7 Å². The molecule has 0 atom stereocenters. The molecule has 0 spiro atoms. The van der Waals surface area contributed by atoms with Gasteiger partial charge in [0, 0.05) is 43.7 Å². The predicted octanol–water partition coefficient (Wildman–Crippen LogP) is 4.06. The Morgan fingerprint density at radius 1 is 1.13 bits per heavy atom. The molecule has 2 aliphatic heterocycles. The fourth-order valence-electron chi connectivity index (χ4n) is 4.57. The van der Waals surface area contributed by atoms with Crippen LogP contribution in [0.1, 0.15) is 36.1 Å². The second kappa shape index (κ2) is 8.08. The molecule has 7 nitrogen and oxygen atoms in total. The van der Waals surface area contributed by atoms with Gasteiger partial charge >= 0.3 is 0 Å². The van der Waals surface area contributed by atoms with E-state index >= 15 is 0 Å². The lowest BCUT2D eigenvalue weighted by atomic mass is 9.89. The Labute approximate surface area is 180 Å². The number of aromatic nitrogens is 4. The highest BCUT2D eigenvalue weighted by Crippen LogP contribution is 2.46. The van der Waals surface area contributed by atoms with Crippen LogP contribution < -0.4 is 4.90 Å². The second-order valence-electron chi connectivity index (χ2n) is 8.18. The van der Waals surface area contributed by atoms with E-state index in [0.29, 0.717) is 24.8 Å². The largest absolute Gasteiger partial charge is 0.380 e. The van der Waals surface area contributed by atoms with Crippen LogP contribution in [-0.2, 0) is 11.8 Å². The summed E-state index contributed by atoms with van der Waals surface area (Å²) in [6, 6.07) is 7.16. The van der Waals surface area contributed by atoms with Gasteiger partial charge in [0.05, 0.1) is 25.5 Å². The van der Waals surface area contributed by atoms with Crippen LogP contribution in [0, 0.1) is 12.5 Å². The average Bonchev–Trinajstić information content (AvgIpc) is 3.19. The summed E-state index contributed by atoms with van der Waals surface area (Å²) >= 11 is 0. The molecule has 0 radical (unpaired) electrons. The molecule has 2 fully saturated rings. The van der Waals surface area contributed by atoms with E-state index in [1.54, 1.807) is 18.6 Å². The molecular formula is C23H23FN6O. The molecule has 0 bridgehead atoms. The Hall–Kier alpha value is -3.31. The molecule has 0 unspecified atom stereocenters. The van der Waals surface area contributed by atoms with E-state index in [1.807, 2.05) is 23.7 Å². The lowest BCUT2D eigenvalue weighted by Crippen LogP contribution is -2.34. The van der Waals surface area contributed by atoms with Crippen molar-refractivity contribution in [3.8, 4) is 11.1 Å². The number of rotatable bonds is 4. The molecule has 3 aromatic rings. The molecule has 0 aliphatic carbocycles. The van der Waals surface area contributed by atoms with Crippen molar-refractivity contribution in [2.75, 3.05) is 31.2 Å². The molecule has 1 aromatic carbocycles. The second-order valence-corrected chi connectivity index (χ2v) is 8.18. The number of hydrogen-bond donors (Lipinski definition) is 0. The highest BCUT2D eigenvalue weighted by molar-refractivity contribution is 5.90. The van der Waals surface area contributed by atoms with E-state index in [2.05, 4.69) is 24.9 Å². The predicted molar refractivity (Wildman–Crippen MR) is 115 cm³/mol. The number of nitrogens with zero attached hydrogens (tertiary/aromatic N) is 6. The first-order valence-corrected chi connectivity index (χ1v) is 10.5. The van der Waals surface area contributed by atoms with E-state index in [0.717, 1.165) is 54.1 Å². The number of anilines is 1. The van der Waals surface area contributed by atoms with Gasteiger partial charge in [-0.1, -0.05) is 12.1 Å². The average molecular weight is 418 g/mol. The van der Waals surface area contributed by atoms with Crippen LogP contribution in [0.2, 0.25) is 0 Å². The topological polar surface area (TPSA) is 60.4 Å². The van der Waals surface area contributed by atoms with E-state index in [9.17, 15) is 4.39 Å². The Bertz CT molecular complexity index is 1120. The lowest BCUT2D eigenvalue weighted by Gasteiger charge is -2.37. The summed E-state index contributed by atoms with van der Waals surface area (Å²) in [6.07, 6.45) is 5.15. The minimum absolute atomic E-state index is 0.249. The number of hydrogen-bond acceptors (Lipinski definition) is 5. The Morgan fingerprint density at radius 3 is 2.52 bits per heavy atom. The fraction of sp³-hybridized carbons (Fsp3) is 0.391. The first-order chi connectivity index (χ1) is 15.2. The number of ether oxygens (including phenoxy) is 1. The number of benzene rings is 1. The molecule has 2 aromatic heterocycles. The molecule has 8 heteroatoms. The molecule has 0 amide bonds. The van der Waals surface area contributed by atoms with Gasteiger partial charge in [-0.15, -0.1) is 10.2 Å². The van der Waals surface area contributed by atoms with Gasteiger partial charge < -0.3 is 14.2 Å². The number of aryl methyl sites for hydroxylation is 1. The summed E-state index contributed by atoms with van der Waals surface area (Å²) in [5.41, 5.74) is 4.36. The molecule has 2 aliphatic rings. The molecule has 31 heavy (non-hydrogen) atoms. The third-order valence-corrected chi connectivity index (χ3v) is 6.33. The van der Waals surface area contributed by atoms with Gasteiger partial charge in [-0.05, 0) is 36.1 Å². The zero-order chi connectivity index (χ0) is 21.4. The molecular weight excluding hydrogens is 395 g/mol. The monoisotopic (exact) mass is 418 g/mol. The van der Waals surface area contributed by atoms with Gasteiger partial charge in [-0.3, -0.25) is 0 Å². The summed E-state index contributed by atoms with van der Waals surface area (Å²) in [6.45, 7) is 10.9. The van der Waals surface area contributed by atoms with Crippen LogP contribution in [0.15, 0.2) is 36.8 Å². The summed E-state index contributed by atoms with van der Waals surface area (Å²) in [7, 11) is 1.97. The third-order valence-electron chi connectivity index (χ3n) is 6.33. The Kier molecular flexibility index (Phi) is 5.12. The van der Waals surface area contributed by atoms with Gasteiger partial charge in [0.1, 0.15) is 12.2 Å². The zero-order valence-corrected chi connectivity index (χ0v) is 17.3. The third kappa shape index (κ3) is 3.55. The van der Waals surface area contributed by atoms with Crippen LogP contribution in [0.25, 0.3) is 16.0 Å². The number of halogens is 1. The van der Waals surface area contributed by atoms with Crippen molar-refractivity contribution in [3.63, 3.8) is 0 Å². The summed E-state index contributed by atoms with van der Waals surface area (Å²) in [4.78, 5) is 10.1. The molecule has 4 heterocycles. The van der Waals surface area contributed by atoms with Crippen molar-refractivity contribution in [1.29, 1.82) is 0 Å². The Balaban J connectivity index is 1.53. The van der Waals surface area contributed by atoms with Crippen molar-refractivity contribution < 1.29 is 9.13 Å². The minimum atomic E-state index is -0.511. The van der Waals surface area contributed by atoms with Gasteiger partial charge in [0.25, 0.3) is 0 Å². The maximum absolute atomic E-state index is 13.4. The van der Waals surface area contributed by atoms with Crippen molar-refractivity contribution in [3.05, 3.63) is 65.5 Å². The number of pyridine rings is 1. The van der Waals surface area contributed by atoms with Crippen LogP contribution in [0.5, 0.6) is 0 Å². The van der Waals surface area contributed by atoms with E-state index in [4.69, 9.17) is 11.3 Å². The SMILES string of the molecule is [C-]#[N+]c1c(C2COC2)ccc(-c2ccc(F)nc2)c1N1CCC(c2nncn2C)CC1. The van der Waals surface area contributed by atoms with Crippen LogP contribution >= 0.6 is 0 Å². The highest BCUT2D eigenvalue weighted by Gasteiger charge is 2.31. The van der Waals surface area contributed by atoms with Gasteiger partial charge in [0.2, 0.25) is 11.6 Å². The van der Waals surface area contributed by atoms with Crippen LogP contribution in [0.3, 0.4) is 0 Å². The maximum Gasteiger partial charge on any atom is 0.213 e. The Morgan fingerprint density at radius 2 is 1.94 bits per heavy atom. The quantitative estimate of drug-likeness (QED) is 0.472. The first kappa shape index (κ1) is 19.6. The van der Waals surface area contributed by atoms with Crippen molar-refractivity contribution in [2.24, 2.45) is 7.05 Å². The normalized spacial score (nSPS) is 17.4. The molecule has 158 valence electrons. The highest BCUT2D eigenvalue weighted by atomic mass is 19.1. The molecule has 0 saturated carbocycles. The van der Waals surface area contributed by atoms with E-state index < -0.39 is 5.95 Å². The maximum atomic E-state index is 13.4. The lowest BCUT2D eigenvalue weighted by molar-refractivity contribution is 0.00876. The zero-order valence-electron chi connectivity index (χ0n) is 17.3. The number of piperidine rings is 1. The summed E-state index contributed by atoms with van der Waals surface area (Å²) < 4.78 is 20.8. The van der Waals surface area contributed by atoms with Crippen molar-refractivity contribution in [1.82, 2.24) is 19.7 Å². The van der Waals surface area contributed by atoms with Gasteiger partial charge in [0.15, 0.2) is 0 Å². The van der Waals surface area contributed by atoms with Crippen LogP contribution in [-0.4, -0.2) is 46.1 Å². The standard InChI is InChI=1S/C23H23FN6O/c1-25-21-18(17-12-31-13-17)4-5-19(16-3-6-20(24)26-11-16)22(21)30-9-7-15(8-10-30)23-28-27-14-29(23)2/h3-6,11,14-15,17H,7-10,12-13H2,2H3. The summed E-state index contributed by atoms with van der Waals surface area (Å²) in [5, 5.41) is 8.31. The fourth-order valence-corrected chi connectivity index (χ4v) is 4.57. The minimum Gasteiger partial charge on any atom is -0.380 e. The van der Waals surface area contributed by atoms with E-state index in [1.165, 1.54) is 6.07 Å². The van der Waals surface area contributed by atoms with Gasteiger partial charge in [-0.25, -0.2) is 9.83 Å². The molecule has 0 N–H and O–H groups in total. The molecule has 2 saturated heterocycles. The molecule has 5 rings (SSSR count). The summed E-state index contributed by atoms with van der Waals surface area (Å²) in [5.74, 6) is 1.09. The smallest absolute Gasteiger partial charge is 0.213 e. The van der Waals surface area contributed by atoms with Gasteiger partial charge in [-0.2, -0.15) is 4.39 Å².